The van der Waals surface area contributed by atoms with Crippen LogP contribution in [0.3, 0.4) is 0 Å². The fourth-order valence-corrected chi connectivity index (χ4v) is 1.16. The molecule has 0 atom stereocenters. The van der Waals surface area contributed by atoms with Gasteiger partial charge in [-0.3, -0.25) is 0 Å². The van der Waals surface area contributed by atoms with Gasteiger partial charge in [-0.15, -0.1) is 0 Å². The molecule has 0 fully saturated rings. The van der Waals surface area contributed by atoms with Crippen LogP contribution >= 0.6 is 23.2 Å². The largest absolute Gasteiger partial charge is 0.392 e. The zero-order chi connectivity index (χ0) is 8.97. The molecule has 0 aliphatic rings. The van der Waals surface area contributed by atoms with E-state index < -0.39 is 0 Å². The smallest absolute Gasteiger partial charge is 0.107 e. The van der Waals surface area contributed by atoms with Gasteiger partial charge in [0.15, 0.2) is 0 Å². The van der Waals surface area contributed by atoms with Gasteiger partial charge in [0.1, 0.15) is 4.49 Å². The van der Waals surface area contributed by atoms with Gasteiger partial charge < -0.3 is 5.11 Å². The van der Waals surface area contributed by atoms with Crippen molar-refractivity contribution in [1.82, 2.24) is 0 Å². The number of aliphatic hydroxyl groups is 1. The molecule has 1 N–H and O–H groups in total. The molecular weight excluding hydrogens is 195 g/mol. The van der Waals surface area contributed by atoms with Gasteiger partial charge in [0.25, 0.3) is 0 Å². The molecule has 0 bridgehead atoms. The predicted octanol–water partition coefficient (Wildman–Crippen LogP) is 2.95. The fourth-order valence-electron chi connectivity index (χ4n) is 0.907. The summed E-state index contributed by atoms with van der Waals surface area (Å²) >= 11 is 10.9. The van der Waals surface area contributed by atoms with E-state index >= 15 is 0 Å². The number of benzene rings is 1. The van der Waals surface area contributed by atoms with Crippen LogP contribution in [0.5, 0.6) is 0 Å². The van der Waals surface area contributed by atoms with Gasteiger partial charge in [0.05, 0.1) is 6.61 Å². The molecule has 0 saturated carbocycles. The molecule has 0 heterocycles. The minimum Gasteiger partial charge on any atom is -0.392 e. The molecule has 1 aromatic rings. The Morgan fingerprint density at radius 2 is 2.17 bits per heavy atom. The molecule has 1 rings (SSSR count). The number of hydrogen-bond acceptors (Lipinski definition) is 1. The van der Waals surface area contributed by atoms with E-state index in [1.54, 1.807) is 6.08 Å². The topological polar surface area (TPSA) is 20.2 Å². The SMILES string of the molecule is OCc1cccc(C=C(Cl)Cl)c1. The summed E-state index contributed by atoms with van der Waals surface area (Å²) in [5, 5.41) is 8.81. The molecule has 0 spiro atoms. The second-order valence-corrected chi connectivity index (χ2v) is 3.34. The van der Waals surface area contributed by atoms with E-state index in [9.17, 15) is 0 Å². The van der Waals surface area contributed by atoms with Crippen LogP contribution in [0.15, 0.2) is 28.8 Å². The minimum absolute atomic E-state index is 0.0293. The molecule has 0 radical (unpaired) electrons. The van der Waals surface area contributed by atoms with Crippen LogP contribution in [0, 0.1) is 0 Å². The van der Waals surface area contributed by atoms with Gasteiger partial charge in [-0.05, 0) is 23.3 Å². The third kappa shape index (κ3) is 2.86. The van der Waals surface area contributed by atoms with Gasteiger partial charge >= 0.3 is 0 Å². The van der Waals surface area contributed by atoms with Crippen LogP contribution in [0.2, 0.25) is 0 Å². The Labute approximate surface area is 81.2 Å². The van der Waals surface area contributed by atoms with Crippen molar-refractivity contribution in [3.05, 3.63) is 39.9 Å². The Kier molecular flexibility index (Phi) is 3.60. The van der Waals surface area contributed by atoms with Crippen LogP contribution in [0.4, 0.5) is 0 Å². The lowest BCUT2D eigenvalue weighted by Crippen LogP contribution is -1.82. The normalized spacial score (nSPS) is 9.58. The molecule has 0 amide bonds. The maximum absolute atomic E-state index is 8.81. The van der Waals surface area contributed by atoms with E-state index in [1.807, 2.05) is 24.3 Å². The molecule has 3 heteroatoms. The number of halogens is 2. The first-order valence-corrected chi connectivity index (χ1v) is 4.20. The van der Waals surface area contributed by atoms with Crippen molar-refractivity contribution in [2.45, 2.75) is 6.61 Å². The van der Waals surface area contributed by atoms with E-state index in [0.717, 1.165) is 11.1 Å². The molecule has 1 nitrogen and oxygen atoms in total. The first kappa shape index (κ1) is 9.59. The Balaban J connectivity index is 2.94. The molecule has 0 saturated heterocycles. The average molecular weight is 203 g/mol. The van der Waals surface area contributed by atoms with Crippen molar-refractivity contribution in [2.24, 2.45) is 0 Å². The van der Waals surface area contributed by atoms with Crippen LogP contribution in [0.25, 0.3) is 6.08 Å². The highest BCUT2D eigenvalue weighted by Crippen LogP contribution is 2.14. The third-order valence-corrected chi connectivity index (χ3v) is 1.63. The second-order valence-electron chi connectivity index (χ2n) is 2.34. The lowest BCUT2D eigenvalue weighted by Gasteiger charge is -1.97. The Morgan fingerprint density at radius 3 is 2.75 bits per heavy atom. The van der Waals surface area contributed by atoms with Crippen LogP contribution in [0.1, 0.15) is 11.1 Å². The quantitative estimate of drug-likeness (QED) is 0.783. The molecule has 64 valence electrons. The van der Waals surface area contributed by atoms with E-state index in [-0.39, 0.29) is 11.1 Å². The van der Waals surface area contributed by atoms with Crippen molar-refractivity contribution >= 4 is 29.3 Å². The first-order chi connectivity index (χ1) is 5.72. The molecule has 12 heavy (non-hydrogen) atoms. The standard InChI is InChI=1S/C9H8Cl2O/c10-9(11)5-7-2-1-3-8(4-7)6-12/h1-5,12H,6H2. The summed E-state index contributed by atoms with van der Waals surface area (Å²) in [5.74, 6) is 0. The number of hydrogen-bond donors (Lipinski definition) is 1. The summed E-state index contributed by atoms with van der Waals surface area (Å²) in [6, 6.07) is 7.36. The first-order valence-electron chi connectivity index (χ1n) is 3.45. The third-order valence-electron chi connectivity index (χ3n) is 1.41. The summed E-state index contributed by atoms with van der Waals surface area (Å²) in [5.41, 5.74) is 1.74. The zero-order valence-electron chi connectivity index (χ0n) is 6.30. The van der Waals surface area contributed by atoms with E-state index in [4.69, 9.17) is 28.3 Å². The molecule has 0 aliphatic heterocycles. The van der Waals surface area contributed by atoms with Crippen LogP contribution in [-0.2, 0) is 6.61 Å². The summed E-state index contributed by atoms with van der Waals surface area (Å²) in [6.45, 7) is 0.0293. The van der Waals surface area contributed by atoms with Crippen molar-refractivity contribution in [3.63, 3.8) is 0 Å². The summed E-state index contributed by atoms with van der Waals surface area (Å²) in [7, 11) is 0. The molecular formula is C9H8Cl2O. The molecule has 0 aromatic heterocycles. The van der Waals surface area contributed by atoms with Crippen molar-refractivity contribution in [2.75, 3.05) is 0 Å². The highest BCUT2D eigenvalue weighted by molar-refractivity contribution is 6.57. The number of aliphatic hydroxyl groups excluding tert-OH is 1. The van der Waals surface area contributed by atoms with Gasteiger partial charge in [-0.25, -0.2) is 0 Å². The summed E-state index contributed by atoms with van der Waals surface area (Å²) in [6.07, 6.45) is 1.63. The number of rotatable bonds is 2. The lowest BCUT2D eigenvalue weighted by atomic mass is 10.1. The van der Waals surface area contributed by atoms with E-state index in [0.29, 0.717) is 0 Å². The van der Waals surface area contributed by atoms with Crippen molar-refractivity contribution in [3.8, 4) is 0 Å². The summed E-state index contributed by atoms with van der Waals surface area (Å²) in [4.78, 5) is 0. The molecule has 1 aromatic carbocycles. The zero-order valence-corrected chi connectivity index (χ0v) is 7.81. The minimum atomic E-state index is 0.0293. The Bertz CT molecular complexity index is 290. The predicted molar refractivity (Wildman–Crippen MR) is 52.0 cm³/mol. The maximum atomic E-state index is 8.81. The Morgan fingerprint density at radius 1 is 1.42 bits per heavy atom. The maximum Gasteiger partial charge on any atom is 0.107 e. The van der Waals surface area contributed by atoms with Gasteiger partial charge in [-0.1, -0.05) is 41.4 Å². The van der Waals surface area contributed by atoms with Crippen molar-refractivity contribution in [1.29, 1.82) is 0 Å². The van der Waals surface area contributed by atoms with Crippen LogP contribution < -0.4 is 0 Å². The Hall–Kier alpha value is -0.500. The highest BCUT2D eigenvalue weighted by Gasteiger charge is 1.92. The monoisotopic (exact) mass is 202 g/mol. The van der Waals surface area contributed by atoms with Gasteiger partial charge in [-0.2, -0.15) is 0 Å². The van der Waals surface area contributed by atoms with E-state index in [2.05, 4.69) is 0 Å². The van der Waals surface area contributed by atoms with Crippen molar-refractivity contribution < 1.29 is 5.11 Å². The molecule has 0 aliphatic carbocycles. The summed E-state index contributed by atoms with van der Waals surface area (Å²) < 4.78 is 0.213. The molecule has 0 unspecified atom stereocenters. The van der Waals surface area contributed by atoms with Gasteiger partial charge in [0.2, 0.25) is 0 Å². The van der Waals surface area contributed by atoms with Crippen LogP contribution in [-0.4, -0.2) is 5.11 Å². The highest BCUT2D eigenvalue weighted by atomic mass is 35.5. The lowest BCUT2D eigenvalue weighted by molar-refractivity contribution is 0.282. The second kappa shape index (κ2) is 4.51. The van der Waals surface area contributed by atoms with Gasteiger partial charge in [0, 0.05) is 0 Å². The van der Waals surface area contributed by atoms with E-state index in [1.165, 1.54) is 0 Å². The fraction of sp³-hybridized carbons (Fsp3) is 0.111. The average Bonchev–Trinajstić information content (AvgIpc) is 2.03.